The first-order valence-corrected chi connectivity index (χ1v) is 9.35. The molecule has 1 saturated heterocycles. The van der Waals surface area contributed by atoms with Crippen molar-refractivity contribution in [2.24, 2.45) is 0 Å². The van der Waals surface area contributed by atoms with Gasteiger partial charge in [-0.2, -0.15) is 0 Å². The first kappa shape index (κ1) is 17.4. The van der Waals surface area contributed by atoms with Gasteiger partial charge in [0.15, 0.2) is 11.5 Å². The number of hydrogen-bond acceptors (Lipinski definition) is 5. The molecule has 8 nitrogen and oxygen atoms in total. The predicted molar refractivity (Wildman–Crippen MR) is 91.2 cm³/mol. The zero-order valence-electron chi connectivity index (χ0n) is 15.2. The highest BCUT2D eigenvalue weighted by Crippen LogP contribution is 2.39. The van der Waals surface area contributed by atoms with Crippen molar-refractivity contribution in [3.8, 4) is 0 Å². The van der Waals surface area contributed by atoms with Crippen LogP contribution in [0.4, 0.5) is 4.39 Å². The molecule has 0 aromatic carbocycles. The third-order valence-corrected chi connectivity index (χ3v) is 5.62. The van der Waals surface area contributed by atoms with Crippen molar-refractivity contribution in [2.45, 2.75) is 57.4 Å². The van der Waals surface area contributed by atoms with Crippen molar-refractivity contribution in [2.75, 3.05) is 26.2 Å². The summed E-state index contributed by atoms with van der Waals surface area (Å²) in [7, 11) is 0. The fraction of sp³-hybridized carbons (Fsp3) is 0.765. The Hall–Kier alpha value is -2.03. The molecule has 1 aliphatic carbocycles. The van der Waals surface area contributed by atoms with Gasteiger partial charge in [0.25, 0.3) is 11.8 Å². The van der Waals surface area contributed by atoms with Crippen LogP contribution in [0, 0.1) is 0 Å². The van der Waals surface area contributed by atoms with E-state index in [-0.39, 0.29) is 18.0 Å². The van der Waals surface area contributed by atoms with Crippen molar-refractivity contribution in [1.82, 2.24) is 29.9 Å². The molecule has 2 aliphatic heterocycles. The Bertz CT molecular complexity index is 729. The standard InChI is InChI=1S/C17H25FN6O2/c1-11(2)19-15(25)14-21-20-13-12-10-23(16(26)17(18)4-3-5-17)7-6-22(12)8-9-24(13)14/h11-12H,3-10H2,1-2H3,(H,19,25). The summed E-state index contributed by atoms with van der Waals surface area (Å²) in [4.78, 5) is 28.7. The summed E-state index contributed by atoms with van der Waals surface area (Å²) in [6.45, 7) is 6.81. The molecule has 2 amide bonds. The number of amides is 2. The van der Waals surface area contributed by atoms with Gasteiger partial charge in [0, 0.05) is 38.8 Å². The zero-order chi connectivity index (χ0) is 18.5. The lowest BCUT2D eigenvalue weighted by Crippen LogP contribution is -2.58. The van der Waals surface area contributed by atoms with Crippen LogP contribution in [0.1, 0.15) is 55.6 Å². The van der Waals surface area contributed by atoms with Crippen LogP contribution >= 0.6 is 0 Å². The van der Waals surface area contributed by atoms with Crippen molar-refractivity contribution < 1.29 is 14.0 Å². The number of fused-ring (bicyclic) bond motifs is 3. The number of carbonyl (C=O) groups is 2. The Morgan fingerprint density at radius 3 is 2.58 bits per heavy atom. The Balaban J connectivity index is 1.55. The van der Waals surface area contributed by atoms with Gasteiger partial charge in [-0.25, -0.2) is 4.39 Å². The normalized spacial score (nSPS) is 24.6. The van der Waals surface area contributed by atoms with E-state index in [1.54, 1.807) is 4.90 Å². The highest BCUT2D eigenvalue weighted by Gasteiger charge is 2.49. The fourth-order valence-corrected chi connectivity index (χ4v) is 4.01. The molecule has 0 bridgehead atoms. The summed E-state index contributed by atoms with van der Waals surface area (Å²) < 4.78 is 16.4. The average Bonchev–Trinajstić information content (AvgIpc) is 3.02. The Labute approximate surface area is 151 Å². The summed E-state index contributed by atoms with van der Waals surface area (Å²) >= 11 is 0. The zero-order valence-corrected chi connectivity index (χ0v) is 15.2. The maximum Gasteiger partial charge on any atom is 0.289 e. The van der Waals surface area contributed by atoms with Crippen LogP contribution in [0.2, 0.25) is 0 Å². The SMILES string of the molecule is CC(C)NC(=O)c1nnc2n1CCN1CCN(C(=O)C3(F)CCC3)CC21. The van der Waals surface area contributed by atoms with Crippen LogP contribution in [0.5, 0.6) is 0 Å². The molecular formula is C17H25FN6O2. The molecule has 1 N–H and O–H groups in total. The summed E-state index contributed by atoms with van der Waals surface area (Å²) in [6, 6.07) is -0.125. The van der Waals surface area contributed by atoms with Gasteiger partial charge in [-0.3, -0.25) is 14.5 Å². The molecule has 3 aliphatic rings. The summed E-state index contributed by atoms with van der Waals surface area (Å²) in [5.74, 6) is 0.355. The Morgan fingerprint density at radius 2 is 1.92 bits per heavy atom. The van der Waals surface area contributed by atoms with Crippen molar-refractivity contribution in [3.05, 3.63) is 11.6 Å². The monoisotopic (exact) mass is 364 g/mol. The number of carbonyl (C=O) groups excluding carboxylic acids is 2. The van der Waals surface area contributed by atoms with Crippen LogP contribution in [-0.2, 0) is 11.3 Å². The third-order valence-electron chi connectivity index (χ3n) is 5.62. The lowest BCUT2D eigenvalue weighted by atomic mass is 9.80. The quantitative estimate of drug-likeness (QED) is 0.845. The van der Waals surface area contributed by atoms with Gasteiger partial charge < -0.3 is 14.8 Å². The fourth-order valence-electron chi connectivity index (χ4n) is 4.01. The first-order chi connectivity index (χ1) is 12.4. The van der Waals surface area contributed by atoms with Crippen LogP contribution in [0.3, 0.4) is 0 Å². The van der Waals surface area contributed by atoms with Gasteiger partial charge >= 0.3 is 0 Å². The molecule has 1 aromatic heterocycles. The van der Waals surface area contributed by atoms with Crippen molar-refractivity contribution >= 4 is 11.8 Å². The van der Waals surface area contributed by atoms with Crippen molar-refractivity contribution in [1.29, 1.82) is 0 Å². The summed E-state index contributed by atoms with van der Waals surface area (Å²) in [6.07, 6.45) is 1.42. The molecule has 26 heavy (non-hydrogen) atoms. The van der Waals surface area contributed by atoms with Gasteiger partial charge in [-0.05, 0) is 33.1 Å². The van der Waals surface area contributed by atoms with Gasteiger partial charge in [0.05, 0.1) is 6.04 Å². The number of piperazine rings is 1. The molecular weight excluding hydrogens is 339 g/mol. The highest BCUT2D eigenvalue weighted by atomic mass is 19.1. The molecule has 0 spiro atoms. The van der Waals surface area contributed by atoms with Gasteiger partial charge in [0.2, 0.25) is 5.82 Å². The van der Waals surface area contributed by atoms with E-state index in [9.17, 15) is 14.0 Å². The van der Waals surface area contributed by atoms with Gasteiger partial charge in [0.1, 0.15) is 0 Å². The second-order valence-electron chi connectivity index (χ2n) is 7.78. The van der Waals surface area contributed by atoms with Crippen LogP contribution in [0.25, 0.3) is 0 Å². The average molecular weight is 364 g/mol. The molecule has 142 valence electrons. The van der Waals surface area contributed by atoms with E-state index in [2.05, 4.69) is 20.4 Å². The minimum atomic E-state index is -1.67. The summed E-state index contributed by atoms with van der Waals surface area (Å²) in [5.41, 5.74) is -1.67. The summed E-state index contributed by atoms with van der Waals surface area (Å²) in [5, 5.41) is 11.2. The molecule has 4 rings (SSSR count). The largest absolute Gasteiger partial charge is 0.347 e. The lowest BCUT2D eigenvalue weighted by Gasteiger charge is -2.46. The molecule has 1 aromatic rings. The van der Waals surface area contributed by atoms with E-state index in [4.69, 9.17) is 0 Å². The second-order valence-corrected chi connectivity index (χ2v) is 7.78. The van der Waals surface area contributed by atoms with Crippen LogP contribution in [-0.4, -0.2) is 74.3 Å². The maximum atomic E-state index is 14.5. The highest BCUT2D eigenvalue weighted by molar-refractivity contribution is 5.91. The predicted octanol–water partition coefficient (Wildman–Crippen LogP) is 0.507. The molecule has 1 saturated carbocycles. The molecule has 2 fully saturated rings. The minimum Gasteiger partial charge on any atom is -0.347 e. The van der Waals surface area contributed by atoms with Gasteiger partial charge in [-0.15, -0.1) is 10.2 Å². The maximum absolute atomic E-state index is 14.5. The number of rotatable bonds is 3. The number of nitrogens with zero attached hydrogens (tertiary/aromatic N) is 5. The Kier molecular flexibility index (Phi) is 4.21. The first-order valence-electron chi connectivity index (χ1n) is 9.35. The van der Waals surface area contributed by atoms with E-state index in [0.29, 0.717) is 50.7 Å². The third kappa shape index (κ3) is 2.78. The number of halogens is 1. The van der Waals surface area contributed by atoms with Gasteiger partial charge in [-0.1, -0.05) is 0 Å². The van der Waals surface area contributed by atoms with E-state index in [0.717, 1.165) is 13.0 Å². The van der Waals surface area contributed by atoms with Crippen LogP contribution < -0.4 is 5.32 Å². The lowest BCUT2D eigenvalue weighted by molar-refractivity contribution is -0.153. The molecule has 1 atom stereocenters. The molecule has 0 radical (unpaired) electrons. The van der Waals surface area contributed by atoms with Crippen LogP contribution in [0.15, 0.2) is 0 Å². The van der Waals surface area contributed by atoms with E-state index in [1.807, 2.05) is 18.4 Å². The topological polar surface area (TPSA) is 83.4 Å². The number of alkyl halides is 1. The number of aromatic nitrogens is 3. The molecule has 1 unspecified atom stereocenters. The molecule has 9 heteroatoms. The second kappa shape index (κ2) is 6.29. The smallest absolute Gasteiger partial charge is 0.289 e. The van der Waals surface area contributed by atoms with E-state index in [1.165, 1.54) is 0 Å². The number of nitrogens with one attached hydrogen (secondary N) is 1. The Morgan fingerprint density at radius 1 is 1.19 bits per heavy atom. The number of hydrogen-bond donors (Lipinski definition) is 1. The van der Waals surface area contributed by atoms with E-state index < -0.39 is 11.6 Å². The minimum absolute atomic E-state index is 0.0153. The molecule has 3 heterocycles. The van der Waals surface area contributed by atoms with Crippen molar-refractivity contribution in [3.63, 3.8) is 0 Å². The van der Waals surface area contributed by atoms with E-state index >= 15 is 0 Å².